The van der Waals surface area contributed by atoms with Gasteiger partial charge in [-0.05, 0) is 43.9 Å². The molecule has 2 aliphatic heterocycles. The molecular weight excluding hydrogens is 701 g/mol. The molecule has 2 N–H and O–H groups in total. The summed E-state index contributed by atoms with van der Waals surface area (Å²) >= 11 is 14.2. The molecule has 11 nitrogen and oxygen atoms in total. The zero-order chi connectivity index (χ0) is 36.8. The van der Waals surface area contributed by atoms with Crippen molar-refractivity contribution in [3.8, 4) is 45.5 Å². The van der Waals surface area contributed by atoms with E-state index < -0.39 is 0 Å². The van der Waals surface area contributed by atoms with Crippen LogP contribution in [0.2, 0.25) is 10.0 Å². The topological polar surface area (TPSA) is 122 Å². The van der Waals surface area contributed by atoms with Gasteiger partial charge in [0, 0.05) is 99.2 Å². The summed E-state index contributed by atoms with van der Waals surface area (Å²) in [4.78, 5) is 41.4. The minimum Gasteiger partial charge on any atom is -0.481 e. The van der Waals surface area contributed by atoms with Gasteiger partial charge < -0.3 is 29.9 Å². The quantitative estimate of drug-likeness (QED) is 0.180. The molecule has 0 radical (unpaired) electrons. The molecule has 1 aromatic carbocycles. The van der Waals surface area contributed by atoms with E-state index in [1.807, 2.05) is 58.3 Å². The summed E-state index contributed by atoms with van der Waals surface area (Å²) in [6.07, 6.45) is 5.32. The van der Waals surface area contributed by atoms with Gasteiger partial charge in [-0.15, -0.1) is 0 Å². The van der Waals surface area contributed by atoms with Crippen molar-refractivity contribution in [3.05, 3.63) is 75.9 Å². The van der Waals surface area contributed by atoms with Gasteiger partial charge in [0.05, 0.1) is 35.7 Å². The lowest BCUT2D eigenvalue weighted by Gasteiger charge is -2.31. The number of likely N-dealkylation sites (tertiary alicyclic amines) is 2. The average molecular weight is 747 g/mol. The third-order valence-electron chi connectivity index (χ3n) is 10.0. The number of piperidine rings is 2. The van der Waals surface area contributed by atoms with E-state index in [2.05, 4.69) is 15.6 Å². The van der Waals surface area contributed by atoms with E-state index in [-0.39, 0.29) is 11.8 Å². The Balaban J connectivity index is 1.18. The van der Waals surface area contributed by atoms with E-state index in [1.165, 1.54) is 0 Å². The number of nitrogens with zero attached hydrogens (tertiary/aromatic N) is 5. The second-order valence-corrected chi connectivity index (χ2v) is 14.0. The van der Waals surface area contributed by atoms with Crippen LogP contribution in [-0.4, -0.2) is 89.0 Å². The number of hydrogen-bond acceptors (Lipinski definition) is 9. The van der Waals surface area contributed by atoms with Crippen molar-refractivity contribution in [3.63, 3.8) is 0 Å². The number of carbonyl (C=O) groups is 2. The highest BCUT2D eigenvalue weighted by molar-refractivity contribution is 6.39. The largest absolute Gasteiger partial charge is 0.481 e. The molecule has 52 heavy (non-hydrogen) atoms. The number of hydrogen-bond donors (Lipinski definition) is 2. The molecule has 6 rings (SSSR count). The van der Waals surface area contributed by atoms with Gasteiger partial charge in [-0.1, -0.05) is 53.5 Å². The van der Waals surface area contributed by atoms with E-state index in [0.29, 0.717) is 69.6 Å². The number of methoxy groups -OCH3 is 2. The van der Waals surface area contributed by atoms with Crippen molar-refractivity contribution in [2.45, 2.75) is 64.7 Å². The summed E-state index contributed by atoms with van der Waals surface area (Å²) in [6.45, 7) is 7.47. The number of amides is 2. The fourth-order valence-electron chi connectivity index (χ4n) is 6.92. The predicted molar refractivity (Wildman–Crippen MR) is 203 cm³/mol. The summed E-state index contributed by atoms with van der Waals surface area (Å²) < 4.78 is 11.4. The molecule has 0 spiro atoms. The Labute approximate surface area is 315 Å². The zero-order valence-corrected chi connectivity index (χ0v) is 31.6. The molecular formula is C39H45Cl2N7O4. The van der Waals surface area contributed by atoms with Gasteiger partial charge in [0.2, 0.25) is 23.6 Å². The molecule has 2 saturated heterocycles. The molecule has 2 fully saturated rings. The first kappa shape index (κ1) is 37.5. The van der Waals surface area contributed by atoms with E-state index in [9.17, 15) is 9.59 Å². The van der Waals surface area contributed by atoms with Gasteiger partial charge in [0.25, 0.3) is 0 Å². The number of rotatable bonds is 11. The van der Waals surface area contributed by atoms with Crippen LogP contribution in [0.25, 0.3) is 33.8 Å². The first-order valence-corrected chi connectivity index (χ1v) is 18.4. The van der Waals surface area contributed by atoms with Crippen molar-refractivity contribution >= 4 is 35.0 Å². The Kier molecular flexibility index (Phi) is 12.3. The number of benzene rings is 1. The molecule has 3 aromatic heterocycles. The summed E-state index contributed by atoms with van der Waals surface area (Å²) in [5.74, 6) is 1.26. The maximum absolute atomic E-state index is 11.7. The Morgan fingerprint density at radius 2 is 1.17 bits per heavy atom. The number of ether oxygens (including phenoxy) is 2. The van der Waals surface area contributed by atoms with Crippen LogP contribution >= 0.6 is 23.2 Å². The van der Waals surface area contributed by atoms with Crippen LogP contribution in [0.5, 0.6) is 11.8 Å². The van der Waals surface area contributed by atoms with Gasteiger partial charge in [0.15, 0.2) is 0 Å². The summed E-state index contributed by atoms with van der Waals surface area (Å²) in [5.41, 5.74) is 5.81. The van der Waals surface area contributed by atoms with Crippen molar-refractivity contribution < 1.29 is 19.1 Å². The second-order valence-electron chi connectivity index (χ2n) is 13.2. The lowest BCUT2D eigenvalue weighted by Crippen LogP contribution is -2.44. The standard InChI is InChI=1S/C39H45Cl2N7O4/c1-24(49)47-18-13-28(14-19-47)43-22-26-8-10-33(45-38(26)51-3)32-7-5-6-30(35(32)40)31-12-17-42-37(36(31)41)34-11-9-27(39(46-34)52-4)23-44-29-15-20-48(21-16-29)25(2)50/h5-12,17,28-29,43-44H,13-16,18-23H2,1-4H3. The first-order valence-electron chi connectivity index (χ1n) is 17.7. The predicted octanol–water partition coefficient (Wildman–Crippen LogP) is 6.40. The van der Waals surface area contributed by atoms with Gasteiger partial charge >= 0.3 is 0 Å². The highest BCUT2D eigenvalue weighted by Crippen LogP contribution is 2.41. The van der Waals surface area contributed by atoms with Crippen LogP contribution in [-0.2, 0) is 22.7 Å². The summed E-state index contributed by atoms with van der Waals surface area (Å²) in [7, 11) is 3.22. The summed E-state index contributed by atoms with van der Waals surface area (Å²) in [5, 5.41) is 8.11. The zero-order valence-electron chi connectivity index (χ0n) is 30.0. The molecule has 4 aromatic rings. The molecule has 2 amide bonds. The fraction of sp³-hybridized carbons (Fsp3) is 0.410. The van der Waals surface area contributed by atoms with Crippen LogP contribution in [0.1, 0.15) is 50.7 Å². The fourth-order valence-corrected chi connectivity index (χ4v) is 7.55. The molecule has 13 heteroatoms. The Bertz CT molecular complexity index is 1770. The monoisotopic (exact) mass is 745 g/mol. The molecule has 0 aliphatic carbocycles. The average Bonchev–Trinajstić information content (AvgIpc) is 3.17. The molecule has 0 bridgehead atoms. The van der Waals surface area contributed by atoms with E-state index in [4.69, 9.17) is 42.6 Å². The first-order chi connectivity index (χ1) is 25.2. The molecule has 0 unspecified atom stereocenters. The number of aromatic nitrogens is 3. The maximum atomic E-state index is 11.7. The number of nitrogens with one attached hydrogen (secondary N) is 2. The third-order valence-corrected chi connectivity index (χ3v) is 10.8. The molecule has 2 aliphatic rings. The Morgan fingerprint density at radius 1 is 0.692 bits per heavy atom. The lowest BCUT2D eigenvalue weighted by molar-refractivity contribution is -0.130. The number of carbonyl (C=O) groups excluding carboxylic acids is 2. The molecule has 5 heterocycles. The van der Waals surface area contributed by atoms with Crippen LogP contribution < -0.4 is 20.1 Å². The van der Waals surface area contributed by atoms with E-state index in [0.717, 1.165) is 74.1 Å². The maximum Gasteiger partial charge on any atom is 0.219 e. The minimum atomic E-state index is 0.124. The van der Waals surface area contributed by atoms with Gasteiger partial charge in [0.1, 0.15) is 5.69 Å². The Hall–Kier alpha value is -4.29. The van der Waals surface area contributed by atoms with E-state index >= 15 is 0 Å². The van der Waals surface area contributed by atoms with Crippen LogP contribution in [0.15, 0.2) is 54.7 Å². The van der Waals surface area contributed by atoms with Crippen LogP contribution in [0.4, 0.5) is 0 Å². The number of halogens is 2. The number of pyridine rings is 3. The van der Waals surface area contributed by atoms with Crippen molar-refractivity contribution in [1.29, 1.82) is 0 Å². The van der Waals surface area contributed by atoms with Crippen molar-refractivity contribution in [1.82, 2.24) is 35.4 Å². The third kappa shape index (κ3) is 8.50. The lowest BCUT2D eigenvalue weighted by atomic mass is 10.00. The SMILES string of the molecule is COc1nc(-c2cccc(-c3ccnc(-c4ccc(CNC5CCN(C(C)=O)CC5)c(OC)n4)c3Cl)c2Cl)ccc1CNC1CCN(C(C)=O)CC1. The second kappa shape index (κ2) is 17.0. The Morgan fingerprint density at radius 3 is 1.69 bits per heavy atom. The van der Waals surface area contributed by atoms with Crippen molar-refractivity contribution in [2.24, 2.45) is 0 Å². The normalized spacial score (nSPS) is 15.5. The smallest absolute Gasteiger partial charge is 0.219 e. The van der Waals surface area contributed by atoms with Crippen LogP contribution in [0.3, 0.4) is 0 Å². The van der Waals surface area contributed by atoms with Gasteiger partial charge in [-0.2, -0.15) is 0 Å². The van der Waals surface area contributed by atoms with Crippen molar-refractivity contribution in [2.75, 3.05) is 40.4 Å². The molecule has 274 valence electrons. The van der Waals surface area contributed by atoms with E-state index in [1.54, 1.807) is 34.3 Å². The van der Waals surface area contributed by atoms with Crippen LogP contribution in [0, 0.1) is 0 Å². The minimum absolute atomic E-state index is 0.124. The summed E-state index contributed by atoms with van der Waals surface area (Å²) in [6, 6.07) is 16.1. The van der Waals surface area contributed by atoms with Gasteiger partial charge in [-0.3, -0.25) is 14.6 Å². The van der Waals surface area contributed by atoms with Gasteiger partial charge in [-0.25, -0.2) is 9.97 Å². The molecule has 0 atom stereocenters. The highest BCUT2D eigenvalue weighted by Gasteiger charge is 2.23. The molecule has 0 saturated carbocycles. The highest BCUT2D eigenvalue weighted by atomic mass is 35.5.